The van der Waals surface area contributed by atoms with E-state index in [2.05, 4.69) is 15.5 Å². The highest BCUT2D eigenvalue weighted by Gasteiger charge is 2.23. The lowest BCUT2D eigenvalue weighted by Crippen LogP contribution is -2.31. The van der Waals surface area contributed by atoms with Crippen molar-refractivity contribution in [3.05, 3.63) is 90.4 Å². The van der Waals surface area contributed by atoms with Gasteiger partial charge in [-0.1, -0.05) is 24.3 Å². The number of hydrogen-bond donors (Lipinski definition) is 1. The van der Waals surface area contributed by atoms with Crippen LogP contribution < -0.4 is 9.62 Å². The quantitative estimate of drug-likeness (QED) is 0.446. The van der Waals surface area contributed by atoms with Gasteiger partial charge in [0.2, 0.25) is 0 Å². The third kappa shape index (κ3) is 4.33. The van der Waals surface area contributed by atoms with Crippen LogP contribution in [0.5, 0.6) is 0 Å². The SMILES string of the molecule is CCN(c1ccccc1)S(=O)(=O)c1ccc(C(=O)NCCc2nnc3ccccn23)cc1. The van der Waals surface area contributed by atoms with Crippen LogP contribution >= 0.6 is 0 Å². The molecule has 0 saturated heterocycles. The van der Waals surface area contributed by atoms with Gasteiger partial charge >= 0.3 is 0 Å². The van der Waals surface area contributed by atoms with E-state index in [0.29, 0.717) is 30.8 Å². The zero-order valence-electron chi connectivity index (χ0n) is 17.5. The Morgan fingerprint density at radius 3 is 2.41 bits per heavy atom. The maximum absolute atomic E-state index is 13.1. The number of rotatable bonds is 8. The average molecular weight is 450 g/mol. The van der Waals surface area contributed by atoms with Gasteiger partial charge in [0.05, 0.1) is 10.6 Å². The van der Waals surface area contributed by atoms with E-state index in [9.17, 15) is 13.2 Å². The van der Waals surface area contributed by atoms with E-state index in [1.807, 2.05) is 34.9 Å². The second-order valence-corrected chi connectivity index (χ2v) is 8.94. The average Bonchev–Trinajstić information content (AvgIpc) is 3.23. The summed E-state index contributed by atoms with van der Waals surface area (Å²) in [5, 5.41) is 11.1. The summed E-state index contributed by atoms with van der Waals surface area (Å²) in [6.45, 7) is 2.46. The fourth-order valence-electron chi connectivity index (χ4n) is 3.44. The van der Waals surface area contributed by atoms with E-state index in [1.165, 1.54) is 28.6 Å². The highest BCUT2D eigenvalue weighted by atomic mass is 32.2. The lowest BCUT2D eigenvalue weighted by molar-refractivity contribution is 0.0954. The largest absolute Gasteiger partial charge is 0.352 e. The molecule has 0 radical (unpaired) electrons. The minimum Gasteiger partial charge on any atom is -0.352 e. The molecule has 4 aromatic rings. The summed E-state index contributed by atoms with van der Waals surface area (Å²) < 4.78 is 29.3. The van der Waals surface area contributed by atoms with Gasteiger partial charge in [-0.2, -0.15) is 0 Å². The molecule has 9 heteroatoms. The van der Waals surface area contributed by atoms with Crippen molar-refractivity contribution in [1.29, 1.82) is 0 Å². The summed E-state index contributed by atoms with van der Waals surface area (Å²) in [6.07, 6.45) is 2.40. The van der Waals surface area contributed by atoms with Crippen LogP contribution in [-0.2, 0) is 16.4 Å². The Bertz CT molecular complexity index is 1320. The molecule has 0 fully saturated rings. The molecule has 4 rings (SSSR count). The summed E-state index contributed by atoms with van der Waals surface area (Å²) in [7, 11) is -3.73. The van der Waals surface area contributed by atoms with Crippen LogP contribution in [0.15, 0.2) is 83.9 Å². The second kappa shape index (κ2) is 9.19. The first-order valence-electron chi connectivity index (χ1n) is 10.3. The Morgan fingerprint density at radius 1 is 0.969 bits per heavy atom. The molecule has 0 aliphatic rings. The molecular formula is C23H23N5O3S. The van der Waals surface area contributed by atoms with Crippen LogP contribution in [0, 0.1) is 0 Å². The molecule has 8 nitrogen and oxygen atoms in total. The summed E-state index contributed by atoms with van der Waals surface area (Å²) in [5.74, 6) is 0.473. The Kier molecular flexibility index (Phi) is 6.18. The number of sulfonamides is 1. The number of anilines is 1. The number of benzene rings is 2. The molecule has 2 aromatic carbocycles. The first-order valence-corrected chi connectivity index (χ1v) is 11.7. The summed E-state index contributed by atoms with van der Waals surface area (Å²) in [5.41, 5.74) is 1.73. The zero-order valence-corrected chi connectivity index (χ0v) is 18.4. The van der Waals surface area contributed by atoms with E-state index in [1.54, 1.807) is 31.2 Å². The van der Waals surface area contributed by atoms with Crippen molar-refractivity contribution in [3.8, 4) is 0 Å². The van der Waals surface area contributed by atoms with E-state index >= 15 is 0 Å². The van der Waals surface area contributed by atoms with Gasteiger partial charge in [-0.3, -0.25) is 13.5 Å². The van der Waals surface area contributed by atoms with E-state index in [4.69, 9.17) is 0 Å². The van der Waals surface area contributed by atoms with Crippen molar-refractivity contribution in [2.24, 2.45) is 0 Å². The van der Waals surface area contributed by atoms with Crippen LogP contribution in [0.4, 0.5) is 5.69 Å². The molecule has 2 aromatic heterocycles. The van der Waals surface area contributed by atoms with Gasteiger partial charge in [0.15, 0.2) is 5.65 Å². The number of para-hydroxylation sites is 1. The van der Waals surface area contributed by atoms with Crippen LogP contribution in [-0.4, -0.2) is 42.0 Å². The van der Waals surface area contributed by atoms with Crippen LogP contribution in [0.1, 0.15) is 23.1 Å². The number of carbonyl (C=O) groups excluding carboxylic acids is 1. The summed E-state index contributed by atoms with van der Waals surface area (Å²) >= 11 is 0. The van der Waals surface area contributed by atoms with E-state index in [-0.39, 0.29) is 10.8 Å². The van der Waals surface area contributed by atoms with Crippen molar-refractivity contribution in [2.75, 3.05) is 17.4 Å². The number of pyridine rings is 1. The minimum atomic E-state index is -3.73. The maximum atomic E-state index is 13.1. The predicted molar refractivity (Wildman–Crippen MR) is 122 cm³/mol. The molecule has 1 amide bonds. The Labute approximate surface area is 186 Å². The van der Waals surface area contributed by atoms with Gasteiger partial charge in [-0.15, -0.1) is 10.2 Å². The molecular weight excluding hydrogens is 426 g/mol. The number of nitrogens with one attached hydrogen (secondary N) is 1. The van der Waals surface area contributed by atoms with E-state index < -0.39 is 10.0 Å². The summed E-state index contributed by atoms with van der Waals surface area (Å²) in [4.78, 5) is 12.6. The van der Waals surface area contributed by atoms with Crippen LogP contribution in [0.2, 0.25) is 0 Å². The zero-order chi connectivity index (χ0) is 22.6. The van der Waals surface area contributed by atoms with Crippen molar-refractivity contribution in [2.45, 2.75) is 18.2 Å². The van der Waals surface area contributed by atoms with Crippen molar-refractivity contribution in [1.82, 2.24) is 19.9 Å². The van der Waals surface area contributed by atoms with Gasteiger partial charge in [0.1, 0.15) is 5.82 Å². The smallest absolute Gasteiger partial charge is 0.264 e. The molecule has 164 valence electrons. The van der Waals surface area contributed by atoms with Gasteiger partial charge in [0, 0.05) is 31.3 Å². The maximum Gasteiger partial charge on any atom is 0.264 e. The normalized spacial score (nSPS) is 11.4. The topological polar surface area (TPSA) is 96.7 Å². The predicted octanol–water partition coefficient (Wildman–Crippen LogP) is 2.92. The van der Waals surface area contributed by atoms with Crippen molar-refractivity contribution in [3.63, 3.8) is 0 Å². The number of fused-ring (bicyclic) bond motifs is 1. The highest BCUT2D eigenvalue weighted by molar-refractivity contribution is 7.92. The van der Waals surface area contributed by atoms with Gasteiger partial charge in [-0.25, -0.2) is 8.42 Å². The number of aromatic nitrogens is 3. The lowest BCUT2D eigenvalue weighted by Gasteiger charge is -2.23. The second-order valence-electron chi connectivity index (χ2n) is 7.08. The third-order valence-electron chi connectivity index (χ3n) is 5.05. The molecule has 32 heavy (non-hydrogen) atoms. The number of amides is 1. The molecule has 0 saturated carbocycles. The molecule has 0 aliphatic heterocycles. The van der Waals surface area contributed by atoms with E-state index in [0.717, 1.165) is 11.5 Å². The van der Waals surface area contributed by atoms with Crippen molar-refractivity contribution >= 4 is 27.3 Å². The lowest BCUT2D eigenvalue weighted by atomic mass is 10.2. The van der Waals surface area contributed by atoms with Gasteiger partial charge in [0.25, 0.3) is 15.9 Å². The fraction of sp³-hybridized carbons (Fsp3) is 0.174. The standard InChI is InChI=1S/C23H23N5O3S/c1-2-28(19-8-4-3-5-9-19)32(30,31)20-13-11-18(12-14-20)23(29)24-16-15-22-26-25-21-10-6-7-17-27(21)22/h3-14,17H,2,15-16H2,1H3,(H,24,29). The molecule has 0 bridgehead atoms. The number of hydrogen-bond acceptors (Lipinski definition) is 5. The molecule has 2 heterocycles. The van der Waals surface area contributed by atoms with Crippen LogP contribution in [0.25, 0.3) is 5.65 Å². The Balaban J connectivity index is 1.42. The first-order chi connectivity index (χ1) is 15.5. The summed E-state index contributed by atoms with van der Waals surface area (Å²) in [6, 6.07) is 20.5. The molecule has 0 atom stereocenters. The molecule has 0 spiro atoms. The molecule has 0 aliphatic carbocycles. The molecule has 1 N–H and O–H groups in total. The van der Waals surface area contributed by atoms with Gasteiger partial charge in [-0.05, 0) is 55.5 Å². The monoisotopic (exact) mass is 449 g/mol. The first kappa shape index (κ1) is 21.5. The van der Waals surface area contributed by atoms with Crippen LogP contribution in [0.3, 0.4) is 0 Å². The van der Waals surface area contributed by atoms with Gasteiger partial charge < -0.3 is 5.32 Å². The third-order valence-corrected chi connectivity index (χ3v) is 6.97. The fourth-order valence-corrected chi connectivity index (χ4v) is 4.92. The Hall–Kier alpha value is -3.72. The molecule has 0 unspecified atom stereocenters. The minimum absolute atomic E-state index is 0.134. The van der Waals surface area contributed by atoms with Crippen molar-refractivity contribution < 1.29 is 13.2 Å². The highest BCUT2D eigenvalue weighted by Crippen LogP contribution is 2.23. The number of nitrogens with zero attached hydrogens (tertiary/aromatic N) is 4. The Morgan fingerprint density at radius 2 is 1.69 bits per heavy atom. The number of carbonyl (C=O) groups is 1.